The highest BCUT2D eigenvalue weighted by Gasteiger charge is 2.17. The first-order chi connectivity index (χ1) is 7.22. The molecule has 0 saturated heterocycles. The highest BCUT2D eigenvalue weighted by Crippen LogP contribution is 2.22. The van der Waals surface area contributed by atoms with Crippen molar-refractivity contribution in [3.8, 4) is 11.7 Å². The van der Waals surface area contributed by atoms with E-state index >= 15 is 0 Å². The molecule has 0 spiro atoms. The molecule has 1 unspecified atom stereocenters. The Bertz CT molecular complexity index is 448. The van der Waals surface area contributed by atoms with Gasteiger partial charge in [-0.25, -0.2) is 4.98 Å². The molecule has 0 aliphatic carbocycles. The molecule has 2 heterocycles. The van der Waals surface area contributed by atoms with Gasteiger partial charge in [0.2, 0.25) is 5.76 Å². The first-order valence-corrected chi connectivity index (χ1v) is 4.66. The second-order valence-electron chi connectivity index (χ2n) is 3.36. The van der Waals surface area contributed by atoms with Crippen LogP contribution in [0.2, 0.25) is 0 Å². The van der Waals surface area contributed by atoms with Gasteiger partial charge in [0.1, 0.15) is 0 Å². The van der Waals surface area contributed by atoms with E-state index in [-0.39, 0.29) is 5.92 Å². The van der Waals surface area contributed by atoms with E-state index in [2.05, 4.69) is 15.1 Å². The number of nitrogens with zero attached hydrogens (tertiary/aromatic N) is 3. The first-order valence-electron chi connectivity index (χ1n) is 4.66. The Hall–Kier alpha value is -1.69. The Morgan fingerprint density at radius 2 is 2.33 bits per heavy atom. The van der Waals surface area contributed by atoms with E-state index in [1.54, 1.807) is 0 Å². The maximum absolute atomic E-state index is 5.50. The molecule has 0 amide bonds. The summed E-state index contributed by atoms with van der Waals surface area (Å²) in [7, 11) is 0. The lowest BCUT2D eigenvalue weighted by Gasteiger charge is -1.98. The topological polar surface area (TPSA) is 91.0 Å². The van der Waals surface area contributed by atoms with Crippen LogP contribution in [0, 0.1) is 6.92 Å². The summed E-state index contributed by atoms with van der Waals surface area (Å²) < 4.78 is 10.2. The molecule has 0 radical (unpaired) electrons. The monoisotopic (exact) mass is 208 g/mol. The van der Waals surface area contributed by atoms with Gasteiger partial charge < -0.3 is 14.7 Å². The van der Waals surface area contributed by atoms with Crippen molar-refractivity contribution in [2.75, 3.05) is 6.54 Å². The highest BCUT2D eigenvalue weighted by molar-refractivity contribution is 5.46. The molecule has 2 aromatic rings. The molecule has 0 bridgehead atoms. The van der Waals surface area contributed by atoms with Crippen LogP contribution in [0.3, 0.4) is 0 Å². The molecule has 2 aromatic heterocycles. The van der Waals surface area contributed by atoms with Crippen LogP contribution in [-0.4, -0.2) is 21.7 Å². The van der Waals surface area contributed by atoms with E-state index in [1.807, 2.05) is 13.8 Å². The van der Waals surface area contributed by atoms with Crippen molar-refractivity contribution < 1.29 is 8.94 Å². The molecule has 6 heteroatoms. The van der Waals surface area contributed by atoms with Crippen LogP contribution in [-0.2, 0) is 0 Å². The molecular weight excluding hydrogens is 196 g/mol. The maximum atomic E-state index is 5.50. The van der Waals surface area contributed by atoms with Gasteiger partial charge in [-0.15, -0.1) is 0 Å². The minimum Gasteiger partial charge on any atom is -0.438 e. The number of hydrogen-bond donors (Lipinski definition) is 1. The van der Waals surface area contributed by atoms with Crippen molar-refractivity contribution in [3.05, 3.63) is 17.9 Å². The molecule has 0 aromatic carbocycles. The third-order valence-electron chi connectivity index (χ3n) is 2.18. The molecule has 80 valence electrons. The largest absolute Gasteiger partial charge is 0.438 e. The number of aromatic nitrogens is 3. The van der Waals surface area contributed by atoms with Gasteiger partial charge in [0.25, 0.3) is 5.89 Å². The average Bonchev–Trinajstić information content (AvgIpc) is 2.84. The van der Waals surface area contributed by atoms with Gasteiger partial charge in [-0.1, -0.05) is 12.1 Å². The van der Waals surface area contributed by atoms with Gasteiger partial charge in [0.15, 0.2) is 12.2 Å². The van der Waals surface area contributed by atoms with Gasteiger partial charge >= 0.3 is 0 Å². The van der Waals surface area contributed by atoms with Crippen LogP contribution in [0.4, 0.5) is 0 Å². The van der Waals surface area contributed by atoms with Crippen LogP contribution >= 0.6 is 0 Å². The normalized spacial score (nSPS) is 13.0. The molecule has 0 aliphatic heterocycles. The fraction of sp³-hybridized carbons (Fsp3) is 0.444. The molecule has 6 nitrogen and oxygen atoms in total. The lowest BCUT2D eigenvalue weighted by atomic mass is 10.2. The Morgan fingerprint density at radius 3 is 2.93 bits per heavy atom. The van der Waals surface area contributed by atoms with Crippen molar-refractivity contribution in [1.29, 1.82) is 0 Å². The predicted molar refractivity (Wildman–Crippen MR) is 52.0 cm³/mol. The number of rotatable bonds is 3. The van der Waals surface area contributed by atoms with Crippen LogP contribution in [0.5, 0.6) is 0 Å². The Kier molecular flexibility index (Phi) is 2.51. The van der Waals surface area contributed by atoms with Crippen LogP contribution in [0.25, 0.3) is 11.7 Å². The molecule has 0 aliphatic rings. The van der Waals surface area contributed by atoms with Gasteiger partial charge in [-0.3, -0.25) is 0 Å². The van der Waals surface area contributed by atoms with E-state index in [1.165, 1.54) is 6.39 Å². The van der Waals surface area contributed by atoms with Crippen LogP contribution in [0.1, 0.15) is 24.4 Å². The van der Waals surface area contributed by atoms with E-state index in [0.29, 0.717) is 24.0 Å². The molecule has 2 N–H and O–H groups in total. The van der Waals surface area contributed by atoms with E-state index in [9.17, 15) is 0 Å². The summed E-state index contributed by atoms with van der Waals surface area (Å²) in [6.07, 6.45) is 1.35. The summed E-state index contributed by atoms with van der Waals surface area (Å²) in [5.41, 5.74) is 6.23. The van der Waals surface area contributed by atoms with Crippen LogP contribution < -0.4 is 5.73 Å². The lowest BCUT2D eigenvalue weighted by molar-refractivity contribution is 0.405. The summed E-state index contributed by atoms with van der Waals surface area (Å²) in [4.78, 5) is 8.14. The zero-order valence-corrected chi connectivity index (χ0v) is 8.60. The summed E-state index contributed by atoms with van der Waals surface area (Å²) >= 11 is 0. The quantitative estimate of drug-likeness (QED) is 0.811. The number of aryl methyl sites for hydroxylation is 1. The smallest absolute Gasteiger partial charge is 0.295 e. The first kappa shape index (κ1) is 9.85. The SMILES string of the molecule is Cc1ncoc1-c1nc(C(C)CN)no1. The molecule has 0 fully saturated rings. The van der Waals surface area contributed by atoms with E-state index in [0.717, 1.165) is 5.69 Å². The molecular formula is C9H12N4O2. The van der Waals surface area contributed by atoms with Crippen molar-refractivity contribution in [3.63, 3.8) is 0 Å². The molecule has 15 heavy (non-hydrogen) atoms. The van der Waals surface area contributed by atoms with Crippen molar-refractivity contribution in [2.24, 2.45) is 5.73 Å². The minimum absolute atomic E-state index is 0.0747. The van der Waals surface area contributed by atoms with Crippen molar-refractivity contribution in [2.45, 2.75) is 19.8 Å². The zero-order chi connectivity index (χ0) is 10.8. The summed E-state index contributed by atoms with van der Waals surface area (Å²) in [5.74, 6) is 1.52. The Morgan fingerprint density at radius 1 is 1.53 bits per heavy atom. The number of nitrogens with two attached hydrogens (primary N) is 1. The predicted octanol–water partition coefficient (Wildman–Crippen LogP) is 1.10. The third-order valence-corrected chi connectivity index (χ3v) is 2.18. The van der Waals surface area contributed by atoms with Gasteiger partial charge in [-0.05, 0) is 6.92 Å². The maximum Gasteiger partial charge on any atom is 0.295 e. The Balaban J connectivity index is 2.32. The molecule has 2 rings (SSSR count). The highest BCUT2D eigenvalue weighted by atomic mass is 16.5. The third kappa shape index (κ3) is 1.75. The van der Waals surface area contributed by atoms with Gasteiger partial charge in [-0.2, -0.15) is 4.98 Å². The lowest BCUT2D eigenvalue weighted by Crippen LogP contribution is -2.10. The summed E-state index contributed by atoms with van der Waals surface area (Å²) in [5, 5.41) is 3.83. The van der Waals surface area contributed by atoms with Gasteiger partial charge in [0.05, 0.1) is 5.69 Å². The zero-order valence-electron chi connectivity index (χ0n) is 8.60. The molecule has 1 atom stereocenters. The standard InChI is InChI=1S/C9H12N4O2/c1-5(3-10)8-12-9(15-13-8)7-6(2)11-4-14-7/h4-5H,3,10H2,1-2H3. The summed E-state index contributed by atoms with van der Waals surface area (Å²) in [6, 6.07) is 0. The fourth-order valence-corrected chi connectivity index (χ4v) is 1.14. The van der Waals surface area contributed by atoms with Crippen molar-refractivity contribution >= 4 is 0 Å². The van der Waals surface area contributed by atoms with Crippen molar-refractivity contribution in [1.82, 2.24) is 15.1 Å². The summed E-state index contributed by atoms with van der Waals surface area (Å²) in [6.45, 7) is 4.23. The minimum atomic E-state index is 0.0747. The molecule has 0 saturated carbocycles. The average molecular weight is 208 g/mol. The van der Waals surface area contributed by atoms with E-state index in [4.69, 9.17) is 14.7 Å². The number of oxazole rings is 1. The van der Waals surface area contributed by atoms with E-state index < -0.39 is 0 Å². The second kappa shape index (κ2) is 3.82. The number of hydrogen-bond acceptors (Lipinski definition) is 6. The van der Waals surface area contributed by atoms with Crippen LogP contribution in [0.15, 0.2) is 15.3 Å². The Labute approximate surface area is 86.5 Å². The van der Waals surface area contributed by atoms with Gasteiger partial charge in [0, 0.05) is 12.5 Å². The fourth-order valence-electron chi connectivity index (χ4n) is 1.14. The second-order valence-corrected chi connectivity index (χ2v) is 3.36.